The molecule has 2 atom stereocenters. The minimum Gasteiger partial charge on any atom is -0.389 e. The summed E-state index contributed by atoms with van der Waals surface area (Å²) in [5.74, 6) is 0.769. The molecule has 0 aromatic carbocycles. The van der Waals surface area contributed by atoms with Crippen molar-refractivity contribution in [3.63, 3.8) is 0 Å². The van der Waals surface area contributed by atoms with Gasteiger partial charge in [-0.15, -0.1) is 0 Å². The fraction of sp³-hybridized carbons (Fsp3) is 1.00. The predicted molar refractivity (Wildman–Crippen MR) is 72.7 cm³/mol. The van der Waals surface area contributed by atoms with Crippen LogP contribution in [0, 0.1) is 11.3 Å². The van der Waals surface area contributed by atoms with Crippen molar-refractivity contribution < 1.29 is 14.6 Å². The summed E-state index contributed by atoms with van der Waals surface area (Å²) in [7, 11) is 0. The lowest BCUT2D eigenvalue weighted by Crippen LogP contribution is -2.32. The molecule has 1 aliphatic rings. The fourth-order valence-electron chi connectivity index (χ4n) is 1.97. The summed E-state index contributed by atoms with van der Waals surface area (Å²) in [6.45, 7) is 11.7. The lowest BCUT2D eigenvalue weighted by atomic mass is 10.1. The number of aliphatic hydroxyl groups is 1. The first-order chi connectivity index (χ1) is 8.42. The molecule has 2 unspecified atom stereocenters. The quantitative estimate of drug-likeness (QED) is 0.583. The van der Waals surface area contributed by atoms with Crippen molar-refractivity contribution in [1.82, 2.24) is 5.32 Å². The monoisotopic (exact) mass is 259 g/mol. The van der Waals surface area contributed by atoms with Crippen molar-refractivity contribution in [3.8, 4) is 0 Å². The maximum atomic E-state index is 9.69. The summed E-state index contributed by atoms with van der Waals surface area (Å²) in [4.78, 5) is 0. The third-order valence-electron chi connectivity index (χ3n) is 3.48. The van der Waals surface area contributed by atoms with E-state index >= 15 is 0 Å². The molecular weight excluding hydrogens is 230 g/mol. The molecule has 1 aliphatic carbocycles. The average Bonchev–Trinajstić information content (AvgIpc) is 2.85. The van der Waals surface area contributed by atoms with E-state index < -0.39 is 6.10 Å². The Kier molecular flexibility index (Phi) is 6.57. The van der Waals surface area contributed by atoms with Gasteiger partial charge in [0.05, 0.1) is 32.0 Å². The Labute approximate surface area is 111 Å². The zero-order valence-electron chi connectivity index (χ0n) is 12.2. The predicted octanol–water partition coefficient (Wildman–Crippen LogP) is 1.42. The van der Waals surface area contributed by atoms with Gasteiger partial charge < -0.3 is 19.9 Å². The number of rotatable bonds is 10. The first kappa shape index (κ1) is 15.9. The van der Waals surface area contributed by atoms with Gasteiger partial charge in [0.25, 0.3) is 0 Å². The molecule has 0 saturated heterocycles. The Morgan fingerprint density at radius 3 is 2.56 bits per heavy atom. The highest BCUT2D eigenvalue weighted by Crippen LogP contribution is 2.50. The molecule has 1 saturated carbocycles. The highest BCUT2D eigenvalue weighted by atomic mass is 16.5. The highest BCUT2D eigenvalue weighted by molar-refractivity contribution is 4.96. The van der Waals surface area contributed by atoms with Crippen molar-refractivity contribution in [2.45, 2.75) is 46.3 Å². The molecule has 2 N–H and O–H groups in total. The van der Waals surface area contributed by atoms with E-state index in [1.165, 1.54) is 6.42 Å². The van der Waals surface area contributed by atoms with Crippen LogP contribution >= 0.6 is 0 Å². The Morgan fingerprint density at radius 1 is 1.33 bits per heavy atom. The normalized spacial score (nSPS) is 23.3. The lowest BCUT2D eigenvalue weighted by molar-refractivity contribution is -0.00999. The molecule has 0 heterocycles. The van der Waals surface area contributed by atoms with Gasteiger partial charge in [-0.2, -0.15) is 0 Å². The molecular formula is C14H29NO3. The van der Waals surface area contributed by atoms with E-state index in [0.29, 0.717) is 31.8 Å². The fourth-order valence-corrected chi connectivity index (χ4v) is 1.97. The van der Waals surface area contributed by atoms with Crippen LogP contribution in [-0.4, -0.2) is 50.2 Å². The molecule has 4 heteroatoms. The molecule has 0 aliphatic heterocycles. The molecule has 0 bridgehead atoms. The van der Waals surface area contributed by atoms with Crippen molar-refractivity contribution >= 4 is 0 Å². The number of ether oxygens (including phenoxy) is 2. The zero-order chi connectivity index (χ0) is 13.6. The average molecular weight is 259 g/mol. The van der Waals surface area contributed by atoms with Crippen LogP contribution in [-0.2, 0) is 9.47 Å². The smallest absolute Gasteiger partial charge is 0.0897 e. The van der Waals surface area contributed by atoms with Crippen LogP contribution in [0.3, 0.4) is 0 Å². The summed E-state index contributed by atoms with van der Waals surface area (Å²) in [6.07, 6.45) is 1.10. The minimum absolute atomic E-state index is 0.238. The van der Waals surface area contributed by atoms with Gasteiger partial charge in [-0.25, -0.2) is 0 Å². The van der Waals surface area contributed by atoms with Gasteiger partial charge >= 0.3 is 0 Å². The van der Waals surface area contributed by atoms with Crippen LogP contribution in [0.1, 0.15) is 34.1 Å². The molecule has 1 rings (SSSR count). The van der Waals surface area contributed by atoms with Crippen molar-refractivity contribution in [2.75, 3.05) is 32.9 Å². The van der Waals surface area contributed by atoms with Gasteiger partial charge in [-0.05, 0) is 38.1 Å². The second-order valence-electron chi connectivity index (χ2n) is 6.20. The van der Waals surface area contributed by atoms with Crippen LogP contribution in [0.2, 0.25) is 0 Å². The van der Waals surface area contributed by atoms with Crippen molar-refractivity contribution in [1.29, 1.82) is 0 Å². The van der Waals surface area contributed by atoms with Crippen LogP contribution in [0.4, 0.5) is 0 Å². The molecule has 0 amide bonds. The first-order valence-electron chi connectivity index (χ1n) is 7.00. The zero-order valence-corrected chi connectivity index (χ0v) is 12.2. The van der Waals surface area contributed by atoms with Gasteiger partial charge in [0.2, 0.25) is 0 Å². The van der Waals surface area contributed by atoms with Crippen molar-refractivity contribution in [3.05, 3.63) is 0 Å². The molecule has 0 spiro atoms. The number of hydrogen-bond acceptors (Lipinski definition) is 4. The second-order valence-corrected chi connectivity index (χ2v) is 6.20. The standard InChI is InChI=1S/C14H29NO3/c1-11(2)18-6-5-17-10-13(16)9-15-8-12-7-14(12,3)4/h11-13,15-16H,5-10H2,1-4H3. The van der Waals surface area contributed by atoms with Crippen LogP contribution in [0.15, 0.2) is 0 Å². The molecule has 18 heavy (non-hydrogen) atoms. The Hall–Kier alpha value is -0.160. The molecule has 0 aromatic rings. The highest BCUT2D eigenvalue weighted by Gasteiger charge is 2.44. The SMILES string of the molecule is CC(C)OCCOCC(O)CNCC1CC1(C)C. The summed E-state index contributed by atoms with van der Waals surface area (Å²) >= 11 is 0. The Morgan fingerprint density at radius 2 is 2.00 bits per heavy atom. The summed E-state index contributed by atoms with van der Waals surface area (Å²) in [6, 6.07) is 0. The van der Waals surface area contributed by atoms with Crippen LogP contribution < -0.4 is 5.32 Å². The van der Waals surface area contributed by atoms with Gasteiger partial charge in [0, 0.05) is 6.54 Å². The van der Waals surface area contributed by atoms with E-state index in [1.807, 2.05) is 13.8 Å². The maximum Gasteiger partial charge on any atom is 0.0897 e. The number of hydrogen-bond donors (Lipinski definition) is 2. The second kappa shape index (κ2) is 7.43. The van der Waals surface area contributed by atoms with E-state index in [9.17, 15) is 5.11 Å². The Balaban J connectivity index is 1.87. The van der Waals surface area contributed by atoms with Gasteiger partial charge in [-0.1, -0.05) is 13.8 Å². The van der Waals surface area contributed by atoms with Gasteiger partial charge in [0.1, 0.15) is 0 Å². The van der Waals surface area contributed by atoms with Crippen molar-refractivity contribution in [2.24, 2.45) is 11.3 Å². The van der Waals surface area contributed by atoms with E-state index in [1.54, 1.807) is 0 Å². The van der Waals surface area contributed by atoms with Crippen LogP contribution in [0.5, 0.6) is 0 Å². The van der Waals surface area contributed by atoms with E-state index in [4.69, 9.17) is 9.47 Å². The minimum atomic E-state index is -0.425. The third kappa shape index (κ3) is 6.69. The molecule has 0 radical (unpaired) electrons. The molecule has 1 fully saturated rings. The van der Waals surface area contributed by atoms with Gasteiger partial charge in [-0.3, -0.25) is 0 Å². The van der Waals surface area contributed by atoms with Gasteiger partial charge in [0.15, 0.2) is 0 Å². The maximum absolute atomic E-state index is 9.69. The van der Waals surface area contributed by atoms with E-state index in [0.717, 1.165) is 12.5 Å². The van der Waals surface area contributed by atoms with E-state index in [-0.39, 0.29) is 6.10 Å². The molecule has 4 nitrogen and oxygen atoms in total. The number of nitrogens with one attached hydrogen (secondary N) is 1. The Bertz CT molecular complexity index is 231. The van der Waals surface area contributed by atoms with E-state index in [2.05, 4.69) is 19.2 Å². The largest absolute Gasteiger partial charge is 0.389 e. The lowest BCUT2D eigenvalue weighted by Gasteiger charge is -2.13. The first-order valence-corrected chi connectivity index (χ1v) is 7.00. The number of aliphatic hydroxyl groups excluding tert-OH is 1. The molecule has 0 aromatic heterocycles. The third-order valence-corrected chi connectivity index (χ3v) is 3.48. The summed E-state index contributed by atoms with van der Waals surface area (Å²) in [5.41, 5.74) is 0.503. The molecule has 108 valence electrons. The summed E-state index contributed by atoms with van der Waals surface area (Å²) in [5, 5.41) is 13.0. The summed E-state index contributed by atoms with van der Waals surface area (Å²) < 4.78 is 10.7. The topological polar surface area (TPSA) is 50.7 Å². The van der Waals surface area contributed by atoms with Crippen LogP contribution in [0.25, 0.3) is 0 Å².